The normalized spacial score (nSPS) is 11.9. The van der Waals surface area contributed by atoms with E-state index in [1.54, 1.807) is 6.92 Å². The summed E-state index contributed by atoms with van der Waals surface area (Å²) in [5.41, 5.74) is 1.67. The monoisotopic (exact) mass is 289 g/mol. The van der Waals surface area contributed by atoms with Crippen molar-refractivity contribution in [1.82, 2.24) is 4.98 Å². The van der Waals surface area contributed by atoms with E-state index in [-0.39, 0.29) is 11.6 Å². The average molecular weight is 289 g/mol. The zero-order chi connectivity index (χ0) is 14.7. The number of thiazole rings is 1. The fourth-order valence-electron chi connectivity index (χ4n) is 1.58. The maximum absolute atomic E-state index is 12.1. The number of aryl methyl sites for hydroxylation is 1. The lowest BCUT2D eigenvalue weighted by atomic mass is 10.1. The summed E-state index contributed by atoms with van der Waals surface area (Å²) in [6.07, 6.45) is 0. The smallest absolute Gasteiger partial charge is 0.234 e. The fourth-order valence-corrected chi connectivity index (χ4v) is 2.42. The van der Waals surface area contributed by atoms with Gasteiger partial charge >= 0.3 is 0 Å². The molecule has 6 heteroatoms. The van der Waals surface area contributed by atoms with E-state index in [4.69, 9.17) is 0 Å². The molecule has 2 aromatic rings. The van der Waals surface area contributed by atoms with Gasteiger partial charge in [-0.2, -0.15) is 0 Å². The van der Waals surface area contributed by atoms with Crippen LogP contribution in [0.3, 0.4) is 0 Å². The minimum atomic E-state index is -1.33. The number of nitrogens with one attached hydrogen (secondary N) is 1. The highest BCUT2D eigenvalue weighted by atomic mass is 32.1. The van der Waals surface area contributed by atoms with Gasteiger partial charge in [-0.05, 0) is 26.0 Å². The molecule has 1 atom stereocenters. The van der Waals surface area contributed by atoms with Crippen molar-refractivity contribution in [3.8, 4) is 0 Å². The number of amides is 1. The van der Waals surface area contributed by atoms with Gasteiger partial charge in [0.2, 0.25) is 5.91 Å². The number of nitrogens with zero attached hydrogens (tertiary/aromatic N) is 1. The number of aromatic carboxylic acids is 1. The minimum absolute atomic E-state index is 0.139. The first kappa shape index (κ1) is 14.2. The van der Waals surface area contributed by atoms with E-state index < -0.39 is 11.9 Å². The lowest BCUT2D eigenvalue weighted by Gasteiger charge is -2.10. The third-order valence-electron chi connectivity index (χ3n) is 2.81. The molecular weight excluding hydrogens is 276 g/mol. The van der Waals surface area contributed by atoms with E-state index in [2.05, 4.69) is 10.3 Å². The summed E-state index contributed by atoms with van der Waals surface area (Å²) in [5, 5.41) is 15.3. The number of carboxylic acid groups (broad SMARTS) is 1. The molecule has 0 aliphatic rings. The van der Waals surface area contributed by atoms with Crippen LogP contribution in [0.15, 0.2) is 29.6 Å². The lowest BCUT2D eigenvalue weighted by Crippen LogP contribution is -2.23. The summed E-state index contributed by atoms with van der Waals surface area (Å²) in [6.45, 7) is 3.65. The molecule has 104 valence electrons. The number of hydrogen-bond acceptors (Lipinski definition) is 5. The van der Waals surface area contributed by atoms with Crippen LogP contribution in [0.1, 0.15) is 33.9 Å². The van der Waals surface area contributed by atoms with Gasteiger partial charge < -0.3 is 15.2 Å². The molecule has 0 spiro atoms. The molecule has 0 radical (unpaired) electrons. The maximum Gasteiger partial charge on any atom is 0.234 e. The van der Waals surface area contributed by atoms with Crippen molar-refractivity contribution in [3.63, 3.8) is 0 Å². The van der Waals surface area contributed by atoms with Crippen LogP contribution in [0.25, 0.3) is 0 Å². The van der Waals surface area contributed by atoms with Crippen molar-refractivity contribution in [2.24, 2.45) is 0 Å². The van der Waals surface area contributed by atoms with Crippen LogP contribution in [-0.4, -0.2) is 16.9 Å². The summed E-state index contributed by atoms with van der Waals surface area (Å²) in [5.74, 6) is -2.08. The van der Waals surface area contributed by atoms with E-state index >= 15 is 0 Å². The number of aromatic nitrogens is 1. The summed E-state index contributed by atoms with van der Waals surface area (Å²) in [4.78, 5) is 26.6. The molecule has 1 heterocycles. The quantitative estimate of drug-likeness (QED) is 0.926. The second-order valence-electron chi connectivity index (χ2n) is 4.44. The Hall–Kier alpha value is -2.21. The van der Waals surface area contributed by atoms with Crippen molar-refractivity contribution in [2.75, 3.05) is 5.32 Å². The first-order chi connectivity index (χ1) is 9.47. The van der Waals surface area contributed by atoms with Crippen LogP contribution in [0, 0.1) is 6.92 Å². The predicted molar refractivity (Wildman–Crippen MR) is 74.7 cm³/mol. The number of benzene rings is 1. The number of rotatable bonds is 4. The molecule has 1 N–H and O–H groups in total. The van der Waals surface area contributed by atoms with Crippen molar-refractivity contribution >= 4 is 28.9 Å². The largest absolute Gasteiger partial charge is 0.543 e. The number of carbonyl (C=O) groups excluding carboxylic acids is 2. The highest BCUT2D eigenvalue weighted by molar-refractivity contribution is 7.10. The molecule has 2 rings (SSSR count). The van der Waals surface area contributed by atoms with Crippen LogP contribution in [0.2, 0.25) is 0 Å². The first-order valence-corrected chi connectivity index (χ1v) is 6.89. The van der Waals surface area contributed by atoms with E-state index in [1.807, 2.05) is 31.2 Å². The Morgan fingerprint density at radius 3 is 2.50 bits per heavy atom. The van der Waals surface area contributed by atoms with Crippen LogP contribution < -0.4 is 10.4 Å². The van der Waals surface area contributed by atoms with E-state index in [9.17, 15) is 14.7 Å². The predicted octanol–water partition coefficient (Wildman–Crippen LogP) is 1.56. The van der Waals surface area contributed by atoms with E-state index in [1.165, 1.54) is 5.38 Å². The molecule has 20 heavy (non-hydrogen) atoms. The average Bonchev–Trinajstić information content (AvgIpc) is 2.90. The molecule has 0 fully saturated rings. The zero-order valence-electron chi connectivity index (χ0n) is 11.0. The van der Waals surface area contributed by atoms with Crippen molar-refractivity contribution in [1.29, 1.82) is 0 Å². The molecule has 1 amide bonds. The summed E-state index contributed by atoms with van der Waals surface area (Å²) < 4.78 is 0. The minimum Gasteiger partial charge on any atom is -0.543 e. The van der Waals surface area contributed by atoms with Gasteiger partial charge in [0.05, 0.1) is 17.6 Å². The number of hydrogen-bond donors (Lipinski definition) is 1. The van der Waals surface area contributed by atoms with E-state index in [0.717, 1.165) is 16.9 Å². The molecule has 5 nitrogen and oxygen atoms in total. The van der Waals surface area contributed by atoms with Crippen LogP contribution in [-0.2, 0) is 4.79 Å². The Morgan fingerprint density at radius 2 is 1.95 bits per heavy atom. The van der Waals surface area contributed by atoms with Gasteiger partial charge in [0.1, 0.15) is 5.01 Å². The van der Waals surface area contributed by atoms with Crippen LogP contribution in [0.4, 0.5) is 5.69 Å². The topological polar surface area (TPSA) is 82.1 Å². The van der Waals surface area contributed by atoms with Gasteiger partial charge in [-0.15, -0.1) is 11.3 Å². The molecular formula is C14H13N2O3S-. The Kier molecular flexibility index (Phi) is 4.14. The van der Waals surface area contributed by atoms with Gasteiger partial charge in [0.15, 0.2) is 0 Å². The Balaban J connectivity index is 2.07. The Morgan fingerprint density at radius 1 is 1.30 bits per heavy atom. The van der Waals surface area contributed by atoms with Gasteiger partial charge in [-0.1, -0.05) is 17.7 Å². The molecule has 0 unspecified atom stereocenters. The molecule has 0 aliphatic carbocycles. The second kappa shape index (κ2) is 5.83. The second-order valence-corrected chi connectivity index (χ2v) is 5.33. The number of anilines is 1. The SMILES string of the molecule is Cc1ccc(NC(=O)[C@H](C)c2nc(C(=O)[O-])cs2)cc1. The van der Waals surface area contributed by atoms with Gasteiger partial charge in [-0.3, -0.25) is 4.79 Å². The lowest BCUT2D eigenvalue weighted by molar-refractivity contribution is -0.255. The summed E-state index contributed by atoms with van der Waals surface area (Å²) >= 11 is 1.13. The van der Waals surface area contributed by atoms with Crippen molar-refractivity contribution < 1.29 is 14.7 Å². The Labute approximate surface area is 120 Å². The van der Waals surface area contributed by atoms with Crippen molar-refractivity contribution in [2.45, 2.75) is 19.8 Å². The molecule has 1 aromatic carbocycles. The third kappa shape index (κ3) is 3.21. The highest BCUT2D eigenvalue weighted by Gasteiger charge is 2.19. The zero-order valence-corrected chi connectivity index (χ0v) is 11.9. The number of carboxylic acids is 1. The fraction of sp³-hybridized carbons (Fsp3) is 0.214. The summed E-state index contributed by atoms with van der Waals surface area (Å²) in [7, 11) is 0. The summed E-state index contributed by atoms with van der Waals surface area (Å²) in [6, 6.07) is 7.43. The van der Waals surface area contributed by atoms with Crippen LogP contribution in [0.5, 0.6) is 0 Å². The molecule has 0 bridgehead atoms. The van der Waals surface area contributed by atoms with E-state index in [0.29, 0.717) is 10.7 Å². The van der Waals surface area contributed by atoms with Crippen molar-refractivity contribution in [3.05, 3.63) is 45.9 Å². The molecule has 0 saturated carbocycles. The third-order valence-corrected chi connectivity index (χ3v) is 3.84. The van der Waals surface area contributed by atoms with Gasteiger partial charge in [0.25, 0.3) is 0 Å². The Bertz CT molecular complexity index is 634. The number of carbonyl (C=O) groups is 2. The van der Waals surface area contributed by atoms with Gasteiger partial charge in [0, 0.05) is 11.1 Å². The highest BCUT2D eigenvalue weighted by Crippen LogP contribution is 2.21. The standard InChI is InChI=1S/C14H14N2O3S/c1-8-3-5-10(6-4-8)15-12(17)9(2)13-16-11(7-20-13)14(18)19/h3-7,9H,1-2H3,(H,15,17)(H,18,19)/p-1/t9-/m0/s1. The molecule has 0 saturated heterocycles. The van der Waals surface area contributed by atoms with Gasteiger partial charge in [-0.25, -0.2) is 4.98 Å². The molecule has 1 aromatic heterocycles. The first-order valence-electron chi connectivity index (χ1n) is 6.01. The maximum atomic E-state index is 12.1. The molecule has 0 aliphatic heterocycles. The van der Waals surface area contributed by atoms with Crippen LogP contribution >= 0.6 is 11.3 Å².